The van der Waals surface area contributed by atoms with Gasteiger partial charge in [0.15, 0.2) is 0 Å². The summed E-state index contributed by atoms with van der Waals surface area (Å²) in [7, 11) is 0. The molecule has 1 rings (SSSR count). The predicted molar refractivity (Wildman–Crippen MR) is 74.8 cm³/mol. The van der Waals surface area contributed by atoms with E-state index >= 15 is 0 Å². The van der Waals surface area contributed by atoms with Crippen molar-refractivity contribution in [3.63, 3.8) is 0 Å². The van der Waals surface area contributed by atoms with Crippen LogP contribution in [0.25, 0.3) is 0 Å². The summed E-state index contributed by atoms with van der Waals surface area (Å²) >= 11 is 0. The van der Waals surface area contributed by atoms with Gasteiger partial charge in [-0.15, -0.1) is 0 Å². The topological polar surface area (TPSA) is 75.6 Å². The third-order valence-corrected chi connectivity index (χ3v) is 2.85. The molecule has 0 spiro atoms. The fourth-order valence-corrected chi connectivity index (χ4v) is 1.60. The molecule has 5 heteroatoms. The summed E-state index contributed by atoms with van der Waals surface area (Å²) in [5, 5.41) is 11.6. The lowest BCUT2D eigenvalue weighted by Gasteiger charge is -2.13. The van der Waals surface area contributed by atoms with E-state index in [0.717, 1.165) is 5.56 Å². The van der Waals surface area contributed by atoms with Crippen molar-refractivity contribution >= 4 is 11.9 Å². The first kappa shape index (κ1) is 16.2. The van der Waals surface area contributed by atoms with Gasteiger partial charge in [0.1, 0.15) is 6.10 Å². The Balaban J connectivity index is 2.21. The van der Waals surface area contributed by atoms with E-state index in [9.17, 15) is 9.59 Å². The standard InChI is InChI=1S/C15H21NO4/c1-2-13(11-17)20-15(19)9-8-14(18)16-10-12-6-4-3-5-7-12/h3-7,13,17H,2,8-11H2,1H3,(H,16,18). The fraction of sp³-hybridized carbons (Fsp3) is 0.467. The van der Waals surface area contributed by atoms with Gasteiger partial charge in [-0.25, -0.2) is 0 Å². The number of nitrogens with one attached hydrogen (secondary N) is 1. The molecule has 2 N–H and O–H groups in total. The zero-order valence-electron chi connectivity index (χ0n) is 11.7. The van der Waals surface area contributed by atoms with Crippen molar-refractivity contribution in [2.45, 2.75) is 38.8 Å². The Kier molecular flexibility index (Phi) is 7.35. The number of aliphatic hydroxyl groups is 1. The third kappa shape index (κ3) is 6.33. The van der Waals surface area contributed by atoms with Gasteiger partial charge in [0.05, 0.1) is 13.0 Å². The quantitative estimate of drug-likeness (QED) is 0.705. The number of ether oxygens (including phenoxy) is 1. The molecule has 110 valence electrons. The highest BCUT2D eigenvalue weighted by Crippen LogP contribution is 2.02. The summed E-state index contributed by atoms with van der Waals surface area (Å²) < 4.78 is 4.99. The molecule has 0 aliphatic heterocycles. The largest absolute Gasteiger partial charge is 0.460 e. The van der Waals surface area contributed by atoms with Gasteiger partial charge in [0, 0.05) is 13.0 Å². The summed E-state index contributed by atoms with van der Waals surface area (Å²) in [6, 6.07) is 9.55. The Hall–Kier alpha value is -1.88. The number of hydrogen-bond acceptors (Lipinski definition) is 4. The molecular weight excluding hydrogens is 258 g/mol. The summed E-state index contributed by atoms with van der Waals surface area (Å²) in [6.45, 7) is 2.08. The molecule has 0 aliphatic rings. The van der Waals surface area contributed by atoms with Crippen molar-refractivity contribution in [1.82, 2.24) is 5.32 Å². The molecule has 1 atom stereocenters. The molecule has 0 aromatic heterocycles. The number of esters is 1. The van der Waals surface area contributed by atoms with Crippen molar-refractivity contribution in [3.05, 3.63) is 35.9 Å². The number of benzene rings is 1. The molecule has 0 saturated heterocycles. The average molecular weight is 279 g/mol. The van der Waals surface area contributed by atoms with Crippen LogP contribution in [-0.2, 0) is 20.9 Å². The maximum atomic E-state index is 11.6. The molecule has 1 aromatic rings. The Morgan fingerprint density at radius 3 is 2.55 bits per heavy atom. The first-order valence-electron chi connectivity index (χ1n) is 6.76. The Morgan fingerprint density at radius 1 is 1.25 bits per heavy atom. The van der Waals surface area contributed by atoms with Gasteiger partial charge < -0.3 is 15.2 Å². The molecule has 1 amide bonds. The van der Waals surface area contributed by atoms with Crippen LogP contribution in [0.1, 0.15) is 31.7 Å². The van der Waals surface area contributed by atoms with Crippen molar-refractivity contribution in [2.75, 3.05) is 6.61 Å². The number of hydrogen-bond donors (Lipinski definition) is 2. The van der Waals surface area contributed by atoms with Crippen LogP contribution in [0.3, 0.4) is 0 Å². The molecule has 1 unspecified atom stereocenters. The molecule has 0 radical (unpaired) electrons. The van der Waals surface area contributed by atoms with Crippen LogP contribution in [0, 0.1) is 0 Å². The molecule has 20 heavy (non-hydrogen) atoms. The zero-order valence-corrected chi connectivity index (χ0v) is 11.7. The van der Waals surface area contributed by atoms with E-state index in [1.807, 2.05) is 37.3 Å². The fourth-order valence-electron chi connectivity index (χ4n) is 1.60. The molecular formula is C15H21NO4. The summed E-state index contributed by atoms with van der Waals surface area (Å²) in [5.74, 6) is -0.649. The Labute approximate surface area is 118 Å². The number of carbonyl (C=O) groups excluding carboxylic acids is 2. The second-order valence-electron chi connectivity index (χ2n) is 4.47. The van der Waals surface area contributed by atoms with Gasteiger partial charge in [-0.2, -0.15) is 0 Å². The first-order chi connectivity index (χ1) is 9.65. The minimum absolute atomic E-state index is 0.0249. The molecule has 5 nitrogen and oxygen atoms in total. The van der Waals surface area contributed by atoms with E-state index in [0.29, 0.717) is 13.0 Å². The van der Waals surface area contributed by atoms with Crippen LogP contribution in [0.15, 0.2) is 30.3 Å². The van der Waals surface area contributed by atoms with Crippen LogP contribution in [0.2, 0.25) is 0 Å². The van der Waals surface area contributed by atoms with E-state index in [-0.39, 0.29) is 25.4 Å². The van der Waals surface area contributed by atoms with E-state index < -0.39 is 12.1 Å². The van der Waals surface area contributed by atoms with Crippen LogP contribution in [0.5, 0.6) is 0 Å². The second-order valence-corrected chi connectivity index (χ2v) is 4.47. The summed E-state index contributed by atoms with van der Waals surface area (Å²) in [5.41, 5.74) is 1.01. The van der Waals surface area contributed by atoms with Crippen molar-refractivity contribution < 1.29 is 19.4 Å². The van der Waals surface area contributed by atoms with E-state index in [2.05, 4.69) is 5.32 Å². The normalized spacial score (nSPS) is 11.7. The third-order valence-electron chi connectivity index (χ3n) is 2.85. The first-order valence-corrected chi connectivity index (χ1v) is 6.76. The molecule has 0 aliphatic carbocycles. The van der Waals surface area contributed by atoms with Gasteiger partial charge in [0.25, 0.3) is 0 Å². The van der Waals surface area contributed by atoms with Crippen LogP contribution < -0.4 is 5.32 Å². The SMILES string of the molecule is CCC(CO)OC(=O)CCC(=O)NCc1ccccc1. The number of rotatable bonds is 8. The maximum Gasteiger partial charge on any atom is 0.306 e. The van der Waals surface area contributed by atoms with Gasteiger partial charge in [-0.3, -0.25) is 9.59 Å². The van der Waals surface area contributed by atoms with Gasteiger partial charge >= 0.3 is 5.97 Å². The average Bonchev–Trinajstić information content (AvgIpc) is 2.49. The van der Waals surface area contributed by atoms with E-state index in [1.165, 1.54) is 0 Å². The van der Waals surface area contributed by atoms with Crippen LogP contribution >= 0.6 is 0 Å². The highest BCUT2D eigenvalue weighted by Gasteiger charge is 2.13. The van der Waals surface area contributed by atoms with Crippen LogP contribution in [0.4, 0.5) is 0 Å². The molecule has 1 aromatic carbocycles. The maximum absolute atomic E-state index is 11.6. The minimum Gasteiger partial charge on any atom is -0.460 e. The van der Waals surface area contributed by atoms with E-state index in [4.69, 9.17) is 9.84 Å². The zero-order chi connectivity index (χ0) is 14.8. The highest BCUT2D eigenvalue weighted by molar-refractivity contribution is 5.81. The second kappa shape index (κ2) is 9.09. The number of carbonyl (C=O) groups is 2. The van der Waals surface area contributed by atoms with Crippen molar-refractivity contribution in [1.29, 1.82) is 0 Å². The molecule has 0 bridgehead atoms. The summed E-state index contributed by atoms with van der Waals surface area (Å²) in [6.07, 6.45) is 0.197. The van der Waals surface area contributed by atoms with Gasteiger partial charge in [-0.1, -0.05) is 37.3 Å². The molecule has 0 fully saturated rings. The molecule has 0 heterocycles. The van der Waals surface area contributed by atoms with E-state index in [1.54, 1.807) is 0 Å². The Bertz CT molecular complexity index is 415. The Morgan fingerprint density at radius 2 is 1.95 bits per heavy atom. The lowest BCUT2D eigenvalue weighted by atomic mass is 10.2. The lowest BCUT2D eigenvalue weighted by Crippen LogP contribution is -2.25. The highest BCUT2D eigenvalue weighted by atomic mass is 16.5. The van der Waals surface area contributed by atoms with Crippen LogP contribution in [-0.4, -0.2) is 29.7 Å². The summed E-state index contributed by atoms with van der Waals surface area (Å²) in [4.78, 5) is 23.0. The predicted octanol–water partition coefficient (Wildman–Crippen LogP) is 1.40. The van der Waals surface area contributed by atoms with Crippen molar-refractivity contribution in [2.24, 2.45) is 0 Å². The smallest absolute Gasteiger partial charge is 0.306 e. The van der Waals surface area contributed by atoms with Crippen molar-refractivity contribution in [3.8, 4) is 0 Å². The monoisotopic (exact) mass is 279 g/mol. The number of amides is 1. The van der Waals surface area contributed by atoms with Gasteiger partial charge in [-0.05, 0) is 12.0 Å². The minimum atomic E-state index is -0.477. The lowest BCUT2D eigenvalue weighted by molar-refractivity contribution is -0.152. The molecule has 0 saturated carbocycles. The van der Waals surface area contributed by atoms with Gasteiger partial charge in [0.2, 0.25) is 5.91 Å². The number of aliphatic hydroxyl groups excluding tert-OH is 1.